The van der Waals surface area contributed by atoms with Gasteiger partial charge in [0.2, 0.25) is 0 Å². The van der Waals surface area contributed by atoms with Crippen LogP contribution in [0.3, 0.4) is 0 Å². The molecule has 0 aliphatic heterocycles. The van der Waals surface area contributed by atoms with Crippen molar-refractivity contribution in [3.05, 3.63) is 0 Å². The molecular formula is H2O3PS2+. The summed E-state index contributed by atoms with van der Waals surface area (Å²) in [6, 6.07) is 0. The molecule has 36 valence electrons. The molecule has 0 spiro atoms. The van der Waals surface area contributed by atoms with Crippen LogP contribution in [0.15, 0.2) is 0 Å². The fourth-order valence-corrected chi connectivity index (χ4v) is 0.402. The average Bonchev–Trinajstić information content (AvgIpc) is 1.65. The van der Waals surface area contributed by atoms with Crippen LogP contribution in [0.1, 0.15) is 0 Å². The van der Waals surface area contributed by atoms with E-state index in [0.717, 1.165) is 0 Å². The highest BCUT2D eigenvalue weighted by atomic mass is 32.1. The Morgan fingerprint density at radius 3 is 1.67 bits per heavy atom. The summed E-state index contributed by atoms with van der Waals surface area (Å²) in [7, 11) is -2.10. The first-order valence-electron chi connectivity index (χ1n) is 0.913. The Bertz CT molecular complexity index is 46.8. The SMILES string of the molecule is O=[P+](OS)OS. The third kappa shape index (κ3) is 2.93. The molecule has 0 unspecified atom stereocenters. The third-order valence-corrected chi connectivity index (χ3v) is 1.20. The Morgan fingerprint density at radius 2 is 1.67 bits per heavy atom. The van der Waals surface area contributed by atoms with Gasteiger partial charge in [0.15, 0.2) is 0 Å². The van der Waals surface area contributed by atoms with E-state index in [1.807, 2.05) is 0 Å². The van der Waals surface area contributed by atoms with Gasteiger partial charge in [0.05, 0.1) is 0 Å². The van der Waals surface area contributed by atoms with E-state index in [4.69, 9.17) is 0 Å². The van der Waals surface area contributed by atoms with E-state index in [1.54, 1.807) is 0 Å². The second-order valence-corrected chi connectivity index (χ2v) is 2.14. The molecule has 0 radical (unpaired) electrons. The summed E-state index contributed by atoms with van der Waals surface area (Å²) < 4.78 is 17.3. The number of rotatable bonds is 2. The number of hydrogen-bond donors (Lipinski definition) is 2. The van der Waals surface area contributed by atoms with Crippen LogP contribution in [0.4, 0.5) is 0 Å². The quantitative estimate of drug-likeness (QED) is 0.350. The molecule has 0 aliphatic carbocycles. The van der Waals surface area contributed by atoms with Crippen LogP contribution in [-0.4, -0.2) is 0 Å². The van der Waals surface area contributed by atoms with Gasteiger partial charge >= 0.3 is 8.25 Å². The summed E-state index contributed by atoms with van der Waals surface area (Å²) in [5.41, 5.74) is 0. The van der Waals surface area contributed by atoms with E-state index in [2.05, 4.69) is 33.8 Å². The lowest BCUT2D eigenvalue weighted by Crippen LogP contribution is -1.52. The molecule has 3 nitrogen and oxygen atoms in total. The molecule has 0 bridgehead atoms. The minimum Gasteiger partial charge on any atom is -0.0473 e. The lowest BCUT2D eigenvalue weighted by molar-refractivity contribution is 0.468. The first kappa shape index (κ1) is 6.72. The third-order valence-electron chi connectivity index (χ3n) is 0.133. The van der Waals surface area contributed by atoms with Crippen LogP contribution in [0, 0.1) is 0 Å². The molecule has 0 amide bonds. The van der Waals surface area contributed by atoms with Gasteiger partial charge in [-0.05, 0) is 7.94 Å². The second kappa shape index (κ2) is 3.89. The lowest BCUT2D eigenvalue weighted by atomic mass is 15.8. The molecule has 0 aromatic carbocycles. The minimum absolute atomic E-state index is 2.10. The van der Waals surface area contributed by atoms with Crippen molar-refractivity contribution in [3.63, 3.8) is 0 Å². The van der Waals surface area contributed by atoms with E-state index < -0.39 is 8.25 Å². The summed E-state index contributed by atoms with van der Waals surface area (Å²) in [6.45, 7) is 0. The van der Waals surface area contributed by atoms with Gasteiger partial charge in [-0.15, -0.1) is 0 Å². The molecule has 0 atom stereocenters. The molecule has 0 rings (SSSR count). The highest BCUT2D eigenvalue weighted by Gasteiger charge is 2.13. The van der Waals surface area contributed by atoms with Gasteiger partial charge in [0.25, 0.3) is 0 Å². The Hall–Kier alpha value is 0.720. The fourth-order valence-electron chi connectivity index (χ4n) is 0.0149. The van der Waals surface area contributed by atoms with Crippen molar-refractivity contribution in [3.8, 4) is 0 Å². The zero-order valence-corrected chi connectivity index (χ0v) is 5.25. The highest BCUT2D eigenvalue weighted by Crippen LogP contribution is 2.25. The molecule has 6 heavy (non-hydrogen) atoms. The normalized spacial score (nSPS) is 8.33. The summed E-state index contributed by atoms with van der Waals surface area (Å²) in [5.74, 6) is 0. The summed E-state index contributed by atoms with van der Waals surface area (Å²) in [6.07, 6.45) is 0. The largest absolute Gasteiger partial charge is 0.721 e. The van der Waals surface area contributed by atoms with E-state index >= 15 is 0 Å². The van der Waals surface area contributed by atoms with Crippen molar-refractivity contribution in [1.29, 1.82) is 0 Å². The summed E-state index contributed by atoms with van der Waals surface area (Å²) >= 11 is 6.28. The monoisotopic (exact) mass is 145 g/mol. The summed E-state index contributed by atoms with van der Waals surface area (Å²) in [4.78, 5) is 0. The lowest BCUT2D eigenvalue weighted by Gasteiger charge is -1.63. The van der Waals surface area contributed by atoms with Crippen molar-refractivity contribution in [2.45, 2.75) is 0 Å². The topological polar surface area (TPSA) is 35.5 Å². The van der Waals surface area contributed by atoms with E-state index in [0.29, 0.717) is 0 Å². The molecule has 6 heteroatoms. The van der Waals surface area contributed by atoms with Crippen LogP contribution >= 0.6 is 34.1 Å². The Kier molecular flexibility index (Phi) is 4.36. The molecule has 0 fully saturated rings. The zero-order chi connectivity index (χ0) is 4.99. The second-order valence-electron chi connectivity index (χ2n) is 0.387. The molecular weight excluding hydrogens is 143 g/mol. The van der Waals surface area contributed by atoms with Crippen LogP contribution in [-0.2, 0) is 12.5 Å². The first-order valence-corrected chi connectivity index (χ1v) is 2.74. The van der Waals surface area contributed by atoms with Crippen molar-refractivity contribution < 1.29 is 12.5 Å². The number of thiol groups is 2. The standard InChI is InChI=1S/HO3PS2/c1-4(2-5)3-6/h(H-,5,6)/p+1. The fraction of sp³-hybridized carbons (Fsp3) is 0. The predicted molar refractivity (Wildman–Crippen MR) is 27.7 cm³/mol. The Morgan fingerprint density at radius 1 is 1.33 bits per heavy atom. The van der Waals surface area contributed by atoms with Gasteiger partial charge in [-0.25, -0.2) is 0 Å². The number of hydrogen-bond acceptors (Lipinski definition) is 5. The molecule has 0 aliphatic rings. The highest BCUT2D eigenvalue weighted by molar-refractivity contribution is 7.82. The van der Waals surface area contributed by atoms with Gasteiger partial charge in [0, 0.05) is 30.4 Å². The maximum absolute atomic E-state index is 9.73. The van der Waals surface area contributed by atoms with Crippen molar-refractivity contribution in [1.82, 2.24) is 0 Å². The molecule has 0 aromatic rings. The smallest absolute Gasteiger partial charge is 0.0473 e. The van der Waals surface area contributed by atoms with Gasteiger partial charge in [-0.1, -0.05) is 0 Å². The summed E-state index contributed by atoms with van der Waals surface area (Å²) in [5, 5.41) is 0. The minimum atomic E-state index is -2.10. The Labute approximate surface area is 47.2 Å². The van der Waals surface area contributed by atoms with Gasteiger partial charge < -0.3 is 0 Å². The first-order chi connectivity index (χ1) is 2.81. The van der Waals surface area contributed by atoms with Crippen LogP contribution in [0.5, 0.6) is 0 Å². The molecule has 0 N–H and O–H groups in total. The van der Waals surface area contributed by atoms with Crippen LogP contribution < -0.4 is 0 Å². The molecule has 0 aromatic heterocycles. The van der Waals surface area contributed by atoms with Crippen LogP contribution in [0.25, 0.3) is 0 Å². The van der Waals surface area contributed by atoms with E-state index in [1.165, 1.54) is 0 Å². The van der Waals surface area contributed by atoms with Crippen molar-refractivity contribution >= 4 is 34.1 Å². The van der Waals surface area contributed by atoms with Crippen molar-refractivity contribution in [2.24, 2.45) is 0 Å². The zero-order valence-electron chi connectivity index (χ0n) is 2.57. The van der Waals surface area contributed by atoms with Crippen molar-refractivity contribution in [2.75, 3.05) is 0 Å². The average molecular weight is 145 g/mol. The van der Waals surface area contributed by atoms with Gasteiger partial charge in [-0.3, -0.25) is 0 Å². The maximum atomic E-state index is 9.73. The van der Waals surface area contributed by atoms with Crippen LogP contribution in [0.2, 0.25) is 0 Å². The Balaban J connectivity index is 2.99. The van der Waals surface area contributed by atoms with Gasteiger partial charge in [0.1, 0.15) is 0 Å². The van der Waals surface area contributed by atoms with Gasteiger partial charge in [-0.2, -0.15) is 0 Å². The van der Waals surface area contributed by atoms with E-state index in [-0.39, 0.29) is 0 Å². The molecule has 0 saturated heterocycles. The predicted octanol–water partition coefficient (Wildman–Crippen LogP) is 1.37. The maximum Gasteiger partial charge on any atom is 0.721 e. The molecule has 0 heterocycles. The molecule has 0 saturated carbocycles. The van der Waals surface area contributed by atoms with E-state index in [9.17, 15) is 4.57 Å².